The third-order valence-corrected chi connectivity index (χ3v) is 10.1. The molecule has 12 nitrogen and oxygen atoms in total. The Morgan fingerprint density at radius 1 is 0.947 bits per heavy atom. The van der Waals surface area contributed by atoms with E-state index in [0.29, 0.717) is 41.2 Å². The molecule has 1 atom stereocenters. The number of ether oxygens (including phenoxy) is 5. The first kappa shape index (κ1) is 41.6. The molecule has 1 saturated heterocycles. The van der Waals surface area contributed by atoms with Crippen molar-refractivity contribution in [3.8, 4) is 22.9 Å². The molecule has 5 aromatic rings. The van der Waals surface area contributed by atoms with Crippen molar-refractivity contribution < 1.29 is 28.5 Å². The molecule has 0 aliphatic carbocycles. The van der Waals surface area contributed by atoms with Crippen LogP contribution >= 0.6 is 23.2 Å². The molecule has 1 aliphatic rings. The number of aryl methyl sites for hydroxylation is 1. The lowest BCUT2D eigenvalue weighted by Gasteiger charge is -2.22. The normalized spacial score (nSPS) is 14.3. The van der Waals surface area contributed by atoms with Crippen LogP contribution in [0.4, 0.5) is 10.6 Å². The Bertz CT molecular complexity index is 2230. The highest BCUT2D eigenvalue weighted by Gasteiger charge is 2.22. The summed E-state index contributed by atoms with van der Waals surface area (Å²) in [5.41, 5.74) is 4.01. The van der Waals surface area contributed by atoms with E-state index >= 15 is 0 Å². The summed E-state index contributed by atoms with van der Waals surface area (Å²) in [5, 5.41) is 11.2. The van der Waals surface area contributed by atoms with Crippen molar-refractivity contribution in [1.29, 1.82) is 0 Å². The third-order valence-electron chi connectivity index (χ3n) is 9.49. The van der Waals surface area contributed by atoms with E-state index in [9.17, 15) is 9.59 Å². The monoisotopic (exact) mass is 817 g/mol. The minimum atomic E-state index is -0.415. The van der Waals surface area contributed by atoms with Gasteiger partial charge in [-0.2, -0.15) is 5.10 Å². The molecule has 0 spiro atoms. The molecule has 0 radical (unpaired) electrons. The second-order valence-electron chi connectivity index (χ2n) is 14.8. The average molecular weight is 819 g/mol. The largest absolute Gasteiger partial charge is 0.495 e. The highest BCUT2D eigenvalue weighted by atomic mass is 35.5. The Morgan fingerprint density at radius 2 is 1.75 bits per heavy atom. The molecule has 2 amide bonds. The predicted octanol–water partition coefficient (Wildman–Crippen LogP) is 8.83. The highest BCUT2D eigenvalue weighted by Crippen LogP contribution is 2.29. The predicted molar refractivity (Wildman–Crippen MR) is 221 cm³/mol. The van der Waals surface area contributed by atoms with Crippen molar-refractivity contribution in [3.63, 3.8) is 0 Å². The maximum absolute atomic E-state index is 13.4. The van der Waals surface area contributed by atoms with Crippen molar-refractivity contribution in [2.75, 3.05) is 32.2 Å². The molecule has 1 unspecified atom stereocenters. The van der Waals surface area contributed by atoms with E-state index in [4.69, 9.17) is 52.0 Å². The standard InChI is InChI=1S/C43H49Cl2N5O7/c1-28-21-36(40(45)41(51)49(28)26-29-16-17-35(53-5)34(44)22-29)57-27-31-12-7-6-11-30(31)25-46-42(52)47-38-24-37(43(2,3)4)48-50(38)32-13-10-14-33(23-32)54-19-20-56-39-15-8-9-18-55-39/h6-7,10-14,16-17,21-24,39H,8-9,15,18-20,25-27H2,1-5H3,(H2,46,47,52). The van der Waals surface area contributed by atoms with Crippen LogP contribution in [-0.4, -0.2) is 53.6 Å². The van der Waals surface area contributed by atoms with Gasteiger partial charge in [0.2, 0.25) is 0 Å². The minimum absolute atomic E-state index is 0.0303. The number of methoxy groups -OCH3 is 1. The first-order valence-electron chi connectivity index (χ1n) is 18.9. The number of urea groups is 1. The van der Waals surface area contributed by atoms with Crippen LogP contribution in [0.25, 0.3) is 5.69 Å². The number of halogens is 2. The van der Waals surface area contributed by atoms with Gasteiger partial charge in [0.15, 0.2) is 6.29 Å². The lowest BCUT2D eigenvalue weighted by Crippen LogP contribution is -2.29. The van der Waals surface area contributed by atoms with E-state index in [0.717, 1.165) is 53.9 Å². The number of benzene rings is 3. The molecule has 2 aromatic heterocycles. The summed E-state index contributed by atoms with van der Waals surface area (Å²) in [7, 11) is 1.55. The van der Waals surface area contributed by atoms with Crippen molar-refractivity contribution in [1.82, 2.24) is 19.7 Å². The average Bonchev–Trinajstić information content (AvgIpc) is 3.63. The van der Waals surface area contributed by atoms with Gasteiger partial charge in [0.25, 0.3) is 5.56 Å². The number of hydrogen-bond donors (Lipinski definition) is 2. The lowest BCUT2D eigenvalue weighted by atomic mass is 9.92. The Labute approximate surface area is 342 Å². The van der Waals surface area contributed by atoms with Crippen LogP contribution in [0.3, 0.4) is 0 Å². The van der Waals surface area contributed by atoms with Gasteiger partial charge in [-0.3, -0.25) is 10.1 Å². The first-order valence-corrected chi connectivity index (χ1v) is 19.7. The van der Waals surface area contributed by atoms with Gasteiger partial charge in [0.05, 0.1) is 36.7 Å². The van der Waals surface area contributed by atoms with Crippen molar-refractivity contribution >= 4 is 35.1 Å². The number of amides is 2. The molecule has 0 saturated carbocycles. The van der Waals surface area contributed by atoms with Crippen LogP contribution in [0.15, 0.2) is 83.7 Å². The zero-order valence-corrected chi connectivity index (χ0v) is 34.4. The maximum Gasteiger partial charge on any atom is 0.320 e. The second-order valence-corrected chi connectivity index (χ2v) is 15.6. The Morgan fingerprint density at radius 3 is 2.49 bits per heavy atom. The fourth-order valence-corrected chi connectivity index (χ4v) is 6.78. The van der Waals surface area contributed by atoms with Crippen LogP contribution in [0.2, 0.25) is 10.0 Å². The van der Waals surface area contributed by atoms with E-state index in [1.165, 1.54) is 0 Å². The van der Waals surface area contributed by atoms with Crippen LogP contribution < -0.4 is 30.4 Å². The van der Waals surface area contributed by atoms with Gasteiger partial charge in [-0.1, -0.05) is 80.4 Å². The van der Waals surface area contributed by atoms with Gasteiger partial charge < -0.3 is 33.6 Å². The fraction of sp³-hybridized carbons (Fsp3) is 0.372. The molecular weight excluding hydrogens is 769 g/mol. The zero-order valence-electron chi connectivity index (χ0n) is 32.9. The number of pyridine rings is 1. The Balaban J connectivity index is 1.09. The van der Waals surface area contributed by atoms with E-state index in [-0.39, 0.29) is 47.7 Å². The number of rotatable bonds is 15. The number of aromatic nitrogens is 3. The van der Waals surface area contributed by atoms with Crippen molar-refractivity contribution in [2.45, 2.75) is 78.4 Å². The smallest absolute Gasteiger partial charge is 0.320 e. The Hall–Kier alpha value is -5.01. The number of anilines is 1. The summed E-state index contributed by atoms with van der Waals surface area (Å²) in [6.45, 7) is 10.1. The fourth-order valence-electron chi connectivity index (χ4n) is 6.29. The minimum Gasteiger partial charge on any atom is -0.495 e. The first-order chi connectivity index (χ1) is 27.4. The number of carbonyl (C=O) groups is 1. The molecule has 3 heterocycles. The Kier molecular flexibility index (Phi) is 13.8. The van der Waals surface area contributed by atoms with Crippen LogP contribution in [-0.2, 0) is 34.6 Å². The molecular formula is C43H49Cl2N5O7. The molecule has 1 fully saturated rings. The summed E-state index contributed by atoms with van der Waals surface area (Å²) in [6.07, 6.45) is 2.89. The van der Waals surface area contributed by atoms with Gasteiger partial charge in [0, 0.05) is 42.5 Å². The topological polar surface area (TPSA) is 127 Å². The molecule has 1 aliphatic heterocycles. The molecule has 14 heteroatoms. The lowest BCUT2D eigenvalue weighted by molar-refractivity contribution is -0.165. The number of nitrogens with one attached hydrogen (secondary N) is 2. The van der Waals surface area contributed by atoms with E-state index in [1.807, 2.05) is 67.6 Å². The molecule has 6 rings (SSSR count). The van der Waals surface area contributed by atoms with Crippen LogP contribution in [0, 0.1) is 6.92 Å². The van der Waals surface area contributed by atoms with Gasteiger partial charge in [-0.15, -0.1) is 0 Å². The summed E-state index contributed by atoms with van der Waals surface area (Å²) in [5.74, 6) is 1.97. The quantitative estimate of drug-likeness (QED) is 0.100. The molecule has 0 bridgehead atoms. The van der Waals surface area contributed by atoms with Gasteiger partial charge >= 0.3 is 6.03 Å². The van der Waals surface area contributed by atoms with E-state index < -0.39 is 6.03 Å². The molecule has 2 N–H and O–H groups in total. The third kappa shape index (κ3) is 10.9. The zero-order chi connectivity index (χ0) is 40.5. The molecule has 302 valence electrons. The SMILES string of the molecule is COc1ccc(Cn2c(C)cc(OCc3ccccc3CNC(=O)Nc3cc(C(C)(C)C)nn3-c3cccc(OCCOC4CCCCO4)c3)c(Cl)c2=O)cc1Cl. The summed E-state index contributed by atoms with van der Waals surface area (Å²) in [4.78, 5) is 26.8. The summed E-state index contributed by atoms with van der Waals surface area (Å²) >= 11 is 12.9. The summed E-state index contributed by atoms with van der Waals surface area (Å²) < 4.78 is 32.1. The summed E-state index contributed by atoms with van der Waals surface area (Å²) in [6, 6.07) is 23.7. The highest BCUT2D eigenvalue weighted by molar-refractivity contribution is 6.32. The molecule has 3 aromatic carbocycles. The maximum atomic E-state index is 13.4. The van der Waals surface area contributed by atoms with E-state index in [2.05, 4.69) is 31.4 Å². The van der Waals surface area contributed by atoms with Crippen LogP contribution in [0.5, 0.6) is 17.2 Å². The second kappa shape index (κ2) is 19.0. The number of carbonyl (C=O) groups excluding carboxylic acids is 1. The van der Waals surface area contributed by atoms with Gasteiger partial charge in [-0.25, -0.2) is 9.48 Å². The van der Waals surface area contributed by atoms with Gasteiger partial charge in [-0.05, 0) is 67.1 Å². The number of hydrogen-bond acceptors (Lipinski definition) is 8. The van der Waals surface area contributed by atoms with Crippen LogP contribution in [0.1, 0.15) is 68.1 Å². The number of nitrogens with zero attached hydrogens (tertiary/aromatic N) is 3. The van der Waals surface area contributed by atoms with Crippen molar-refractivity contribution in [2.24, 2.45) is 0 Å². The molecule has 57 heavy (non-hydrogen) atoms. The van der Waals surface area contributed by atoms with E-state index in [1.54, 1.807) is 34.6 Å². The van der Waals surface area contributed by atoms with Gasteiger partial charge in [0.1, 0.15) is 41.3 Å². The van der Waals surface area contributed by atoms with Crippen molar-refractivity contribution in [3.05, 3.63) is 127 Å².